The number of nitrogens with one attached hydrogen (secondary N) is 1. The van der Waals surface area contributed by atoms with Crippen LogP contribution in [0, 0.1) is 11.6 Å². The van der Waals surface area contributed by atoms with Crippen molar-refractivity contribution in [1.29, 1.82) is 0 Å². The number of anilines is 1. The summed E-state index contributed by atoms with van der Waals surface area (Å²) in [5.41, 5.74) is -0.133. The monoisotopic (exact) mass is 248 g/mol. The fourth-order valence-corrected chi connectivity index (χ4v) is 1.58. The van der Waals surface area contributed by atoms with Gasteiger partial charge >= 0.3 is 0 Å². The molecule has 1 N–H and O–H groups in total. The van der Waals surface area contributed by atoms with Gasteiger partial charge in [0, 0.05) is 13.1 Å². The molecule has 5 heteroatoms. The summed E-state index contributed by atoms with van der Waals surface area (Å²) in [7, 11) is 0. The number of pyridine rings is 1. The van der Waals surface area contributed by atoms with Crippen LogP contribution >= 0.6 is 0 Å². The molecule has 1 heterocycles. The molecule has 1 aromatic heterocycles. The Morgan fingerprint density at radius 2 is 2.00 bits per heavy atom. The second kappa shape index (κ2) is 4.91. The summed E-state index contributed by atoms with van der Waals surface area (Å²) in [6.45, 7) is 1.25. The molecule has 0 bridgehead atoms. The third kappa shape index (κ3) is 2.34. The zero-order valence-electron chi connectivity index (χ0n) is 9.58. The highest BCUT2D eigenvalue weighted by atomic mass is 19.1. The Balaban J connectivity index is 2.56. The average molecular weight is 248 g/mol. The molecule has 3 nitrogen and oxygen atoms in total. The van der Waals surface area contributed by atoms with Gasteiger partial charge in [-0.3, -0.25) is 9.78 Å². The Kier molecular flexibility index (Phi) is 3.32. The van der Waals surface area contributed by atoms with Gasteiger partial charge in [0.1, 0.15) is 5.82 Å². The van der Waals surface area contributed by atoms with Gasteiger partial charge in [-0.1, -0.05) is 6.07 Å². The van der Waals surface area contributed by atoms with Crippen molar-refractivity contribution in [2.24, 2.45) is 0 Å². The lowest BCUT2D eigenvalue weighted by atomic mass is 10.1. The normalized spacial score (nSPS) is 10.2. The molecule has 0 radical (unpaired) electrons. The van der Waals surface area contributed by atoms with E-state index in [9.17, 15) is 13.6 Å². The standard InChI is InChI=1S/C13H10F2N2O/c1-8(18)17-11-6-5-9(14)12(13(11)15)10-4-2-3-7-16-10/h2-7H,1H3,(H,17,18). The van der Waals surface area contributed by atoms with Gasteiger partial charge < -0.3 is 5.32 Å². The minimum Gasteiger partial charge on any atom is -0.324 e. The molecule has 0 aliphatic carbocycles. The van der Waals surface area contributed by atoms with E-state index in [0.717, 1.165) is 6.07 Å². The highest BCUT2D eigenvalue weighted by Crippen LogP contribution is 2.29. The first kappa shape index (κ1) is 12.2. The highest BCUT2D eigenvalue weighted by molar-refractivity contribution is 5.89. The van der Waals surface area contributed by atoms with Crippen LogP contribution in [0.15, 0.2) is 36.5 Å². The first-order valence-electron chi connectivity index (χ1n) is 5.26. The van der Waals surface area contributed by atoms with Crippen LogP contribution < -0.4 is 5.32 Å². The summed E-state index contributed by atoms with van der Waals surface area (Å²) in [5, 5.41) is 2.30. The lowest BCUT2D eigenvalue weighted by Crippen LogP contribution is -2.08. The Morgan fingerprint density at radius 1 is 1.22 bits per heavy atom. The van der Waals surface area contributed by atoms with Gasteiger partial charge in [-0.2, -0.15) is 0 Å². The second-order valence-corrected chi connectivity index (χ2v) is 3.68. The van der Waals surface area contributed by atoms with Crippen LogP contribution in [-0.2, 0) is 4.79 Å². The van der Waals surface area contributed by atoms with Crippen LogP contribution in [0.2, 0.25) is 0 Å². The van der Waals surface area contributed by atoms with Crippen LogP contribution in [0.3, 0.4) is 0 Å². The molecule has 0 aliphatic heterocycles. The van der Waals surface area contributed by atoms with Crippen molar-refractivity contribution in [3.63, 3.8) is 0 Å². The van der Waals surface area contributed by atoms with Gasteiger partial charge in [-0.25, -0.2) is 8.78 Å². The summed E-state index contributed by atoms with van der Waals surface area (Å²) >= 11 is 0. The molecular formula is C13H10F2N2O. The average Bonchev–Trinajstić information content (AvgIpc) is 2.34. The number of amides is 1. The maximum Gasteiger partial charge on any atom is 0.221 e. The molecule has 0 aliphatic rings. The molecule has 1 amide bonds. The van der Waals surface area contributed by atoms with Gasteiger partial charge in [0.2, 0.25) is 5.91 Å². The molecule has 2 aromatic rings. The van der Waals surface area contributed by atoms with Crippen molar-refractivity contribution in [1.82, 2.24) is 4.98 Å². The van der Waals surface area contributed by atoms with Crippen LogP contribution in [-0.4, -0.2) is 10.9 Å². The minimum absolute atomic E-state index is 0.0652. The summed E-state index contributed by atoms with van der Waals surface area (Å²) in [6.07, 6.45) is 1.44. The number of hydrogen-bond donors (Lipinski definition) is 1. The number of carbonyl (C=O) groups excluding carboxylic acids is 1. The molecule has 0 spiro atoms. The molecule has 18 heavy (non-hydrogen) atoms. The zero-order valence-corrected chi connectivity index (χ0v) is 9.58. The van der Waals surface area contributed by atoms with Gasteiger partial charge in [-0.05, 0) is 24.3 Å². The molecule has 0 fully saturated rings. The van der Waals surface area contributed by atoms with E-state index in [0.29, 0.717) is 0 Å². The molecule has 2 rings (SSSR count). The van der Waals surface area contributed by atoms with Gasteiger partial charge in [0.15, 0.2) is 5.82 Å². The van der Waals surface area contributed by atoms with Crippen molar-refractivity contribution in [2.45, 2.75) is 6.92 Å². The number of carbonyl (C=O) groups is 1. The van der Waals surface area contributed by atoms with Gasteiger partial charge in [0.05, 0.1) is 16.9 Å². The molecule has 1 aromatic carbocycles. The minimum atomic E-state index is -0.830. The molecule has 0 saturated heterocycles. The maximum absolute atomic E-state index is 14.1. The zero-order chi connectivity index (χ0) is 13.1. The Hall–Kier alpha value is -2.30. The fraction of sp³-hybridized carbons (Fsp3) is 0.0769. The summed E-state index contributed by atoms with van der Waals surface area (Å²) in [6, 6.07) is 7.05. The predicted octanol–water partition coefficient (Wildman–Crippen LogP) is 2.99. The van der Waals surface area contributed by atoms with E-state index >= 15 is 0 Å². The second-order valence-electron chi connectivity index (χ2n) is 3.68. The van der Waals surface area contributed by atoms with E-state index in [-0.39, 0.29) is 16.9 Å². The fourth-order valence-electron chi connectivity index (χ4n) is 1.58. The van der Waals surface area contributed by atoms with Crippen LogP contribution in [0.1, 0.15) is 6.92 Å². The third-order valence-corrected chi connectivity index (χ3v) is 2.32. The van der Waals surface area contributed by atoms with Crippen molar-refractivity contribution in [2.75, 3.05) is 5.32 Å². The SMILES string of the molecule is CC(=O)Nc1ccc(F)c(-c2ccccn2)c1F. The van der Waals surface area contributed by atoms with Crippen LogP contribution in [0.25, 0.3) is 11.3 Å². The number of hydrogen-bond acceptors (Lipinski definition) is 2. The predicted molar refractivity (Wildman–Crippen MR) is 63.9 cm³/mol. The summed E-state index contributed by atoms with van der Waals surface area (Å²) in [4.78, 5) is 14.8. The van der Waals surface area contributed by atoms with E-state index in [2.05, 4.69) is 10.3 Å². The van der Waals surface area contributed by atoms with E-state index < -0.39 is 17.5 Å². The highest BCUT2D eigenvalue weighted by Gasteiger charge is 2.16. The van der Waals surface area contributed by atoms with E-state index in [1.165, 1.54) is 25.3 Å². The Morgan fingerprint density at radius 3 is 2.61 bits per heavy atom. The molecular weight excluding hydrogens is 238 g/mol. The molecule has 0 atom stereocenters. The van der Waals surface area contributed by atoms with E-state index in [4.69, 9.17) is 0 Å². The Labute approximate surface area is 102 Å². The maximum atomic E-state index is 14.1. The van der Waals surface area contributed by atoms with Crippen molar-refractivity contribution in [3.8, 4) is 11.3 Å². The van der Waals surface area contributed by atoms with Crippen molar-refractivity contribution < 1.29 is 13.6 Å². The Bertz CT molecular complexity index is 585. The first-order valence-corrected chi connectivity index (χ1v) is 5.26. The number of nitrogens with zero attached hydrogens (tertiary/aromatic N) is 1. The third-order valence-electron chi connectivity index (χ3n) is 2.32. The number of aromatic nitrogens is 1. The van der Waals surface area contributed by atoms with E-state index in [1.807, 2.05) is 0 Å². The quantitative estimate of drug-likeness (QED) is 0.887. The lowest BCUT2D eigenvalue weighted by Gasteiger charge is -2.09. The number of rotatable bonds is 2. The molecule has 0 unspecified atom stereocenters. The lowest BCUT2D eigenvalue weighted by molar-refractivity contribution is -0.114. The molecule has 0 saturated carbocycles. The van der Waals surface area contributed by atoms with Gasteiger partial charge in [-0.15, -0.1) is 0 Å². The van der Waals surface area contributed by atoms with Crippen molar-refractivity contribution >= 4 is 11.6 Å². The largest absolute Gasteiger partial charge is 0.324 e. The summed E-state index contributed by atoms with van der Waals surface area (Å²) in [5.74, 6) is -1.98. The number of halogens is 2. The van der Waals surface area contributed by atoms with Crippen LogP contribution in [0.5, 0.6) is 0 Å². The number of benzene rings is 1. The van der Waals surface area contributed by atoms with Gasteiger partial charge in [0.25, 0.3) is 0 Å². The smallest absolute Gasteiger partial charge is 0.221 e. The van der Waals surface area contributed by atoms with E-state index in [1.54, 1.807) is 12.1 Å². The molecule has 92 valence electrons. The van der Waals surface area contributed by atoms with Crippen molar-refractivity contribution in [3.05, 3.63) is 48.2 Å². The topological polar surface area (TPSA) is 42.0 Å². The first-order chi connectivity index (χ1) is 8.59. The summed E-state index contributed by atoms with van der Waals surface area (Å²) < 4.78 is 27.7. The van der Waals surface area contributed by atoms with Crippen LogP contribution in [0.4, 0.5) is 14.5 Å².